The second-order valence-corrected chi connectivity index (χ2v) is 6.61. The highest BCUT2D eigenvalue weighted by Crippen LogP contribution is 2.09. The van der Waals surface area contributed by atoms with Gasteiger partial charge in [-0.3, -0.25) is 0 Å². The Morgan fingerprint density at radius 3 is 1.75 bits per heavy atom. The maximum Gasteiger partial charge on any atom is 0.410 e. The number of amides is 3. The smallest absolute Gasteiger partial charge is 0.410 e. The minimum absolute atomic E-state index is 0.162. The molecule has 0 spiro atoms. The Labute approximate surface area is 161 Å². The first-order chi connectivity index (χ1) is 13.3. The van der Waals surface area contributed by atoms with Gasteiger partial charge in [0, 0.05) is 26.2 Å². The molecule has 2 N–H and O–H groups in total. The van der Waals surface area contributed by atoms with Crippen molar-refractivity contribution in [2.24, 2.45) is 0 Å². The van der Waals surface area contributed by atoms with Gasteiger partial charge in [-0.15, -0.1) is 0 Å². The summed E-state index contributed by atoms with van der Waals surface area (Å²) in [5, 5.41) is 12.7. The molecule has 0 radical (unpaired) electrons. The van der Waals surface area contributed by atoms with Crippen molar-refractivity contribution >= 4 is 18.2 Å². The molecular formula is C15H23N9O4. The molecule has 0 unspecified atom stereocenters. The van der Waals surface area contributed by atoms with Crippen molar-refractivity contribution in [1.82, 2.24) is 45.1 Å². The van der Waals surface area contributed by atoms with E-state index >= 15 is 0 Å². The van der Waals surface area contributed by atoms with Crippen molar-refractivity contribution in [3.8, 4) is 0 Å². The molecule has 2 heterocycles. The standard InChI is InChI=1S/C15H23N9O4/c1-15(2,3)28-14(27)22(6-4-18-12(25)23-10-16-8-20-23)7-5-19-13(26)24-11-17-9-21-24/h8-11H,4-7H2,1-3H3,(H,18,25)(H,19,26). The largest absolute Gasteiger partial charge is 0.444 e. The molecule has 0 saturated carbocycles. The van der Waals surface area contributed by atoms with E-state index in [9.17, 15) is 14.4 Å². The summed E-state index contributed by atoms with van der Waals surface area (Å²) in [5.74, 6) is 0. The highest BCUT2D eigenvalue weighted by molar-refractivity contribution is 5.76. The Bertz CT molecular complexity index is 716. The lowest BCUT2D eigenvalue weighted by Crippen LogP contribution is -2.45. The molecule has 0 aliphatic heterocycles. The third-order valence-corrected chi connectivity index (χ3v) is 3.22. The number of hydrogen-bond donors (Lipinski definition) is 2. The Balaban J connectivity index is 1.85. The number of nitrogens with one attached hydrogen (secondary N) is 2. The van der Waals surface area contributed by atoms with E-state index in [0.717, 1.165) is 9.36 Å². The summed E-state index contributed by atoms with van der Waals surface area (Å²) in [6.45, 7) is 5.93. The molecule has 0 aliphatic carbocycles. The SMILES string of the molecule is CC(C)(C)OC(=O)N(CCNC(=O)n1cncn1)CCNC(=O)n1cncn1. The van der Waals surface area contributed by atoms with Crippen LogP contribution in [0.25, 0.3) is 0 Å². The zero-order chi connectivity index (χ0) is 20.6. The van der Waals surface area contributed by atoms with Crippen molar-refractivity contribution in [3.05, 3.63) is 25.3 Å². The van der Waals surface area contributed by atoms with Crippen molar-refractivity contribution < 1.29 is 19.1 Å². The van der Waals surface area contributed by atoms with Crippen molar-refractivity contribution in [2.75, 3.05) is 26.2 Å². The number of rotatable bonds is 6. The summed E-state index contributed by atoms with van der Waals surface area (Å²) in [4.78, 5) is 44.9. The number of carbonyl (C=O) groups is 3. The molecule has 13 heteroatoms. The quantitative estimate of drug-likeness (QED) is 0.692. The van der Waals surface area contributed by atoms with Crippen molar-refractivity contribution in [2.45, 2.75) is 26.4 Å². The van der Waals surface area contributed by atoms with Crippen LogP contribution in [-0.2, 0) is 4.74 Å². The maximum atomic E-state index is 12.4. The minimum Gasteiger partial charge on any atom is -0.444 e. The molecule has 3 amide bonds. The Kier molecular flexibility index (Phi) is 7.01. The molecule has 2 aromatic heterocycles. The van der Waals surface area contributed by atoms with Gasteiger partial charge in [-0.05, 0) is 20.8 Å². The first-order valence-electron chi connectivity index (χ1n) is 8.50. The Hall–Kier alpha value is -3.51. The molecule has 0 atom stereocenters. The van der Waals surface area contributed by atoms with Gasteiger partial charge in [-0.25, -0.2) is 24.4 Å². The molecule has 0 aromatic carbocycles. The topological polar surface area (TPSA) is 149 Å². The van der Waals surface area contributed by atoms with Crippen LogP contribution in [0, 0.1) is 0 Å². The zero-order valence-electron chi connectivity index (χ0n) is 15.9. The third kappa shape index (κ3) is 6.66. The normalized spacial score (nSPS) is 11.0. The molecule has 0 bridgehead atoms. The monoisotopic (exact) mass is 393 g/mol. The van der Waals surface area contributed by atoms with Gasteiger partial charge in [-0.1, -0.05) is 0 Å². The van der Waals surface area contributed by atoms with E-state index < -0.39 is 23.8 Å². The molecule has 152 valence electrons. The van der Waals surface area contributed by atoms with Crippen LogP contribution in [0.1, 0.15) is 20.8 Å². The van der Waals surface area contributed by atoms with Gasteiger partial charge in [0.25, 0.3) is 0 Å². The van der Waals surface area contributed by atoms with E-state index in [1.54, 1.807) is 20.8 Å². The zero-order valence-corrected chi connectivity index (χ0v) is 15.9. The lowest BCUT2D eigenvalue weighted by atomic mass is 10.2. The van der Waals surface area contributed by atoms with E-state index in [0.29, 0.717) is 0 Å². The number of nitrogens with zero attached hydrogens (tertiary/aromatic N) is 7. The van der Waals surface area contributed by atoms with Crippen LogP contribution in [-0.4, -0.2) is 84.4 Å². The number of carbonyl (C=O) groups excluding carboxylic acids is 3. The maximum absolute atomic E-state index is 12.4. The fourth-order valence-corrected chi connectivity index (χ4v) is 2.00. The molecule has 0 aliphatic rings. The number of ether oxygens (including phenoxy) is 1. The highest BCUT2D eigenvalue weighted by atomic mass is 16.6. The van der Waals surface area contributed by atoms with Gasteiger partial charge in [0.2, 0.25) is 0 Å². The first kappa shape index (κ1) is 20.8. The van der Waals surface area contributed by atoms with E-state index in [1.807, 2.05) is 0 Å². The summed E-state index contributed by atoms with van der Waals surface area (Å²) in [6.07, 6.45) is 4.45. The summed E-state index contributed by atoms with van der Waals surface area (Å²) in [7, 11) is 0. The van der Waals surface area contributed by atoms with Gasteiger partial charge < -0.3 is 20.3 Å². The molecular weight excluding hydrogens is 370 g/mol. The van der Waals surface area contributed by atoms with E-state index in [2.05, 4.69) is 30.8 Å². The van der Waals surface area contributed by atoms with Crippen LogP contribution in [0.2, 0.25) is 0 Å². The molecule has 2 aromatic rings. The lowest BCUT2D eigenvalue weighted by Gasteiger charge is -2.27. The van der Waals surface area contributed by atoms with Gasteiger partial charge in [0.15, 0.2) is 0 Å². The Morgan fingerprint density at radius 1 is 0.929 bits per heavy atom. The number of aromatic nitrogens is 6. The summed E-state index contributed by atoms with van der Waals surface area (Å²) < 4.78 is 7.44. The fourth-order valence-electron chi connectivity index (χ4n) is 2.00. The van der Waals surface area contributed by atoms with E-state index in [4.69, 9.17) is 4.74 Å². The average Bonchev–Trinajstić information content (AvgIpc) is 3.31. The van der Waals surface area contributed by atoms with Crippen molar-refractivity contribution in [3.63, 3.8) is 0 Å². The molecule has 13 nitrogen and oxygen atoms in total. The predicted octanol–water partition coefficient (Wildman–Crippen LogP) is -0.0777. The van der Waals surface area contributed by atoms with Gasteiger partial charge in [-0.2, -0.15) is 19.6 Å². The summed E-state index contributed by atoms with van der Waals surface area (Å²) in [6, 6.07) is -0.942. The van der Waals surface area contributed by atoms with Crippen LogP contribution in [0.15, 0.2) is 25.3 Å². The van der Waals surface area contributed by atoms with Crippen LogP contribution >= 0.6 is 0 Å². The average molecular weight is 393 g/mol. The van der Waals surface area contributed by atoms with Crippen LogP contribution in [0.3, 0.4) is 0 Å². The molecule has 2 rings (SSSR count). The second-order valence-electron chi connectivity index (χ2n) is 6.61. The highest BCUT2D eigenvalue weighted by Gasteiger charge is 2.22. The molecule has 0 saturated heterocycles. The van der Waals surface area contributed by atoms with Crippen molar-refractivity contribution in [1.29, 1.82) is 0 Å². The van der Waals surface area contributed by atoms with Gasteiger partial charge >= 0.3 is 18.2 Å². The van der Waals surface area contributed by atoms with Gasteiger partial charge in [0.05, 0.1) is 0 Å². The summed E-state index contributed by atoms with van der Waals surface area (Å²) >= 11 is 0. The molecule has 0 fully saturated rings. The van der Waals surface area contributed by atoms with E-state index in [1.165, 1.54) is 30.2 Å². The fraction of sp³-hybridized carbons (Fsp3) is 0.533. The predicted molar refractivity (Wildman–Crippen MR) is 95.4 cm³/mol. The van der Waals surface area contributed by atoms with Crippen LogP contribution in [0.5, 0.6) is 0 Å². The summed E-state index contributed by atoms with van der Waals surface area (Å²) in [5.41, 5.74) is -0.677. The molecule has 28 heavy (non-hydrogen) atoms. The van der Waals surface area contributed by atoms with Crippen LogP contribution in [0.4, 0.5) is 14.4 Å². The number of hydrogen-bond acceptors (Lipinski definition) is 8. The van der Waals surface area contributed by atoms with E-state index in [-0.39, 0.29) is 26.2 Å². The first-order valence-corrected chi connectivity index (χ1v) is 8.50. The third-order valence-electron chi connectivity index (χ3n) is 3.22. The van der Waals surface area contributed by atoms with Crippen LogP contribution < -0.4 is 10.6 Å². The van der Waals surface area contributed by atoms with Gasteiger partial charge in [0.1, 0.15) is 30.9 Å². The Morgan fingerprint density at radius 2 is 1.39 bits per heavy atom. The second kappa shape index (κ2) is 9.43. The lowest BCUT2D eigenvalue weighted by molar-refractivity contribution is 0.0255. The minimum atomic E-state index is -0.677.